The predicted molar refractivity (Wildman–Crippen MR) is 122 cm³/mol. The van der Waals surface area contributed by atoms with Crippen LogP contribution in [0.15, 0.2) is 42.5 Å². The number of carbonyl (C=O) groups excluding carboxylic acids is 1. The first-order chi connectivity index (χ1) is 14.6. The molecule has 1 N–H and O–H groups in total. The van der Waals surface area contributed by atoms with Crippen molar-refractivity contribution in [1.29, 1.82) is 0 Å². The van der Waals surface area contributed by atoms with Crippen LogP contribution in [0.4, 0.5) is 5.13 Å². The van der Waals surface area contributed by atoms with Crippen LogP contribution in [0.5, 0.6) is 17.2 Å². The highest BCUT2D eigenvalue weighted by molar-refractivity contribution is 7.22. The SMILES string of the molecule is CCCCCOc1ccc(/C=C/C(=O)Nc2nc3ccc(OC)cc3s2)cc1OC. The van der Waals surface area contributed by atoms with Crippen molar-refractivity contribution in [2.45, 2.75) is 26.2 Å². The molecule has 0 spiro atoms. The number of rotatable bonds is 10. The van der Waals surface area contributed by atoms with Crippen LogP contribution in [-0.4, -0.2) is 31.7 Å². The van der Waals surface area contributed by atoms with E-state index in [0.29, 0.717) is 23.2 Å². The van der Waals surface area contributed by atoms with Crippen LogP contribution in [0, 0.1) is 0 Å². The first kappa shape index (κ1) is 21.6. The van der Waals surface area contributed by atoms with Crippen molar-refractivity contribution in [3.05, 3.63) is 48.0 Å². The predicted octanol–water partition coefficient (Wildman–Crippen LogP) is 5.53. The summed E-state index contributed by atoms with van der Waals surface area (Å²) < 4.78 is 17.4. The number of methoxy groups -OCH3 is 2. The second-order valence-electron chi connectivity index (χ2n) is 6.64. The summed E-state index contributed by atoms with van der Waals surface area (Å²) in [6, 6.07) is 11.2. The molecule has 0 radical (unpaired) electrons. The number of benzene rings is 2. The molecule has 1 amide bonds. The number of carbonyl (C=O) groups is 1. The standard InChI is InChI=1S/C23H26N2O4S/c1-4-5-6-13-29-19-11-7-16(14-20(19)28-3)8-12-22(26)25-23-24-18-10-9-17(27-2)15-21(18)30-23/h7-12,14-15H,4-6,13H2,1-3H3,(H,24,25,26)/b12-8+. The molecule has 1 heterocycles. The molecule has 0 aliphatic heterocycles. The topological polar surface area (TPSA) is 69.7 Å². The third-order valence-corrected chi connectivity index (χ3v) is 5.38. The molecule has 0 saturated carbocycles. The Kier molecular flexibility index (Phi) is 7.68. The fraction of sp³-hybridized carbons (Fsp3) is 0.304. The minimum atomic E-state index is -0.250. The van der Waals surface area contributed by atoms with Crippen LogP contribution in [-0.2, 0) is 4.79 Å². The largest absolute Gasteiger partial charge is 0.497 e. The van der Waals surface area contributed by atoms with Crippen LogP contribution in [0.2, 0.25) is 0 Å². The highest BCUT2D eigenvalue weighted by atomic mass is 32.1. The minimum Gasteiger partial charge on any atom is -0.497 e. The molecule has 3 rings (SSSR count). The Labute approximate surface area is 180 Å². The normalized spacial score (nSPS) is 11.0. The summed E-state index contributed by atoms with van der Waals surface area (Å²) in [4.78, 5) is 16.7. The number of nitrogens with one attached hydrogen (secondary N) is 1. The van der Waals surface area contributed by atoms with Gasteiger partial charge >= 0.3 is 0 Å². The summed E-state index contributed by atoms with van der Waals surface area (Å²) in [6.45, 7) is 2.82. The monoisotopic (exact) mass is 426 g/mol. The first-order valence-corrected chi connectivity index (χ1v) is 10.7. The molecule has 0 bridgehead atoms. The summed E-state index contributed by atoms with van der Waals surface area (Å²) in [6.07, 6.45) is 6.51. The van der Waals surface area contributed by atoms with E-state index in [4.69, 9.17) is 14.2 Å². The van der Waals surface area contributed by atoms with E-state index in [1.165, 1.54) is 17.4 Å². The summed E-state index contributed by atoms with van der Waals surface area (Å²) in [5, 5.41) is 3.35. The van der Waals surface area contributed by atoms with Crippen molar-refractivity contribution < 1.29 is 19.0 Å². The van der Waals surface area contributed by atoms with E-state index >= 15 is 0 Å². The molecule has 0 aliphatic carbocycles. The van der Waals surface area contributed by atoms with Crippen molar-refractivity contribution in [1.82, 2.24) is 4.98 Å². The van der Waals surface area contributed by atoms with Gasteiger partial charge in [0.05, 0.1) is 31.0 Å². The van der Waals surface area contributed by atoms with Gasteiger partial charge in [0.15, 0.2) is 16.6 Å². The fourth-order valence-electron chi connectivity index (χ4n) is 2.85. The average molecular weight is 427 g/mol. The van der Waals surface area contributed by atoms with Crippen molar-refractivity contribution in [3.63, 3.8) is 0 Å². The second kappa shape index (κ2) is 10.6. The maximum Gasteiger partial charge on any atom is 0.250 e. The molecule has 7 heteroatoms. The molecule has 0 unspecified atom stereocenters. The second-order valence-corrected chi connectivity index (χ2v) is 7.67. The zero-order chi connectivity index (χ0) is 21.3. The van der Waals surface area contributed by atoms with Crippen molar-refractivity contribution >= 4 is 38.7 Å². The molecule has 0 atom stereocenters. The van der Waals surface area contributed by atoms with Gasteiger partial charge in [-0.3, -0.25) is 10.1 Å². The molecular formula is C23H26N2O4S. The highest BCUT2D eigenvalue weighted by Crippen LogP contribution is 2.30. The Hall–Kier alpha value is -3.06. The lowest BCUT2D eigenvalue weighted by molar-refractivity contribution is -0.111. The van der Waals surface area contributed by atoms with Crippen molar-refractivity contribution in [2.24, 2.45) is 0 Å². The van der Waals surface area contributed by atoms with Crippen LogP contribution in [0.3, 0.4) is 0 Å². The third-order valence-electron chi connectivity index (χ3n) is 4.45. The molecule has 0 fully saturated rings. The molecule has 1 aromatic heterocycles. The number of unbranched alkanes of at least 4 members (excludes halogenated alkanes) is 2. The summed E-state index contributed by atoms with van der Waals surface area (Å²) in [5.41, 5.74) is 1.66. The number of fused-ring (bicyclic) bond motifs is 1. The van der Waals surface area contributed by atoms with Crippen LogP contribution < -0.4 is 19.5 Å². The maximum absolute atomic E-state index is 12.3. The van der Waals surface area contributed by atoms with Crippen LogP contribution in [0.25, 0.3) is 16.3 Å². The van der Waals surface area contributed by atoms with Gasteiger partial charge in [-0.25, -0.2) is 4.98 Å². The Morgan fingerprint density at radius 3 is 2.73 bits per heavy atom. The molecule has 3 aromatic rings. The van der Waals surface area contributed by atoms with Gasteiger partial charge in [0.25, 0.3) is 0 Å². The smallest absolute Gasteiger partial charge is 0.250 e. The van der Waals surface area contributed by atoms with Gasteiger partial charge in [-0.2, -0.15) is 0 Å². The third kappa shape index (κ3) is 5.73. The fourth-order valence-corrected chi connectivity index (χ4v) is 3.74. The molecule has 0 saturated heterocycles. The van der Waals surface area contributed by atoms with E-state index in [-0.39, 0.29) is 5.91 Å². The Morgan fingerprint density at radius 1 is 1.10 bits per heavy atom. The lowest BCUT2D eigenvalue weighted by Gasteiger charge is -2.11. The van der Waals surface area contributed by atoms with Gasteiger partial charge in [0.2, 0.25) is 5.91 Å². The van der Waals surface area contributed by atoms with E-state index in [1.54, 1.807) is 20.3 Å². The van der Waals surface area contributed by atoms with E-state index in [0.717, 1.165) is 40.8 Å². The van der Waals surface area contributed by atoms with E-state index in [2.05, 4.69) is 17.2 Å². The summed E-state index contributed by atoms with van der Waals surface area (Å²) in [7, 11) is 3.23. The average Bonchev–Trinajstić information content (AvgIpc) is 3.16. The number of nitrogens with zero attached hydrogens (tertiary/aromatic N) is 1. The number of thiazole rings is 1. The molecule has 6 nitrogen and oxygen atoms in total. The van der Waals surface area contributed by atoms with Gasteiger partial charge in [0, 0.05) is 6.08 Å². The molecule has 2 aromatic carbocycles. The first-order valence-electron chi connectivity index (χ1n) is 9.87. The zero-order valence-electron chi connectivity index (χ0n) is 17.4. The summed E-state index contributed by atoms with van der Waals surface area (Å²) >= 11 is 1.40. The van der Waals surface area contributed by atoms with Crippen LogP contribution >= 0.6 is 11.3 Å². The van der Waals surface area contributed by atoms with Gasteiger partial charge < -0.3 is 14.2 Å². The lowest BCUT2D eigenvalue weighted by Crippen LogP contribution is -2.07. The van der Waals surface area contributed by atoms with E-state index < -0.39 is 0 Å². The molecule has 158 valence electrons. The Morgan fingerprint density at radius 2 is 1.97 bits per heavy atom. The number of hydrogen-bond donors (Lipinski definition) is 1. The van der Waals surface area contributed by atoms with Crippen LogP contribution in [0.1, 0.15) is 31.7 Å². The molecule has 0 aliphatic rings. The Balaban J connectivity index is 1.62. The number of ether oxygens (including phenoxy) is 3. The van der Waals surface area contributed by atoms with Crippen molar-refractivity contribution in [3.8, 4) is 17.2 Å². The highest BCUT2D eigenvalue weighted by Gasteiger charge is 2.08. The van der Waals surface area contributed by atoms with Crippen molar-refractivity contribution in [2.75, 3.05) is 26.1 Å². The lowest BCUT2D eigenvalue weighted by atomic mass is 10.2. The maximum atomic E-state index is 12.3. The van der Waals surface area contributed by atoms with Gasteiger partial charge in [-0.1, -0.05) is 37.2 Å². The molecule has 30 heavy (non-hydrogen) atoms. The number of hydrogen-bond acceptors (Lipinski definition) is 6. The number of amides is 1. The van der Waals surface area contributed by atoms with Gasteiger partial charge in [-0.15, -0.1) is 0 Å². The number of aromatic nitrogens is 1. The number of anilines is 1. The van der Waals surface area contributed by atoms with Gasteiger partial charge in [0.1, 0.15) is 5.75 Å². The quantitative estimate of drug-likeness (QED) is 0.341. The molecular weight excluding hydrogens is 400 g/mol. The minimum absolute atomic E-state index is 0.250. The van der Waals surface area contributed by atoms with E-state index in [1.807, 2.05) is 36.4 Å². The van der Waals surface area contributed by atoms with E-state index in [9.17, 15) is 4.79 Å². The van der Waals surface area contributed by atoms with Gasteiger partial charge in [-0.05, 0) is 48.4 Å². The zero-order valence-corrected chi connectivity index (χ0v) is 18.3. The summed E-state index contributed by atoms with van der Waals surface area (Å²) in [5.74, 6) is 1.87. The Bertz CT molecular complexity index is 1030.